The molecule has 32 heavy (non-hydrogen) atoms. The lowest BCUT2D eigenvalue weighted by atomic mass is 10.1. The summed E-state index contributed by atoms with van der Waals surface area (Å²) in [7, 11) is 2.14. The fourth-order valence-electron chi connectivity index (χ4n) is 4.58. The molecule has 0 amide bonds. The molecule has 1 aliphatic rings. The molecule has 3 aromatic heterocycles. The molecule has 0 unspecified atom stereocenters. The maximum Gasteiger partial charge on any atom is 0.157 e. The number of fused-ring (bicyclic) bond motifs is 1. The van der Waals surface area contributed by atoms with E-state index in [2.05, 4.69) is 76.4 Å². The molecule has 0 atom stereocenters. The molecule has 0 saturated carbocycles. The fraction of sp³-hybridized carbons (Fsp3) is 0.423. The highest BCUT2D eigenvalue weighted by molar-refractivity contribution is 7.17. The van der Waals surface area contributed by atoms with Crippen molar-refractivity contribution in [1.82, 2.24) is 19.4 Å². The molecular formula is C26H32N4OS. The predicted octanol–water partition coefficient (Wildman–Crippen LogP) is 5.43. The number of piperidine rings is 1. The van der Waals surface area contributed by atoms with Crippen LogP contribution in [-0.4, -0.2) is 33.3 Å². The van der Waals surface area contributed by atoms with E-state index in [0.29, 0.717) is 6.10 Å². The van der Waals surface area contributed by atoms with Gasteiger partial charge in [0.05, 0.1) is 21.6 Å². The van der Waals surface area contributed by atoms with E-state index in [1.165, 1.54) is 27.2 Å². The fourth-order valence-corrected chi connectivity index (χ4v) is 5.43. The van der Waals surface area contributed by atoms with Crippen LogP contribution in [0.4, 0.5) is 0 Å². The van der Waals surface area contributed by atoms with E-state index < -0.39 is 0 Å². The summed E-state index contributed by atoms with van der Waals surface area (Å²) in [5, 5.41) is 5.54. The molecule has 4 heterocycles. The Hall–Kier alpha value is -2.57. The number of hydrogen-bond donors (Lipinski definition) is 1. The van der Waals surface area contributed by atoms with Crippen molar-refractivity contribution in [3.05, 3.63) is 59.2 Å². The van der Waals surface area contributed by atoms with Gasteiger partial charge in [-0.3, -0.25) is 0 Å². The first-order chi connectivity index (χ1) is 15.7. The van der Waals surface area contributed by atoms with Crippen LogP contribution in [0, 0.1) is 0 Å². The zero-order valence-electron chi connectivity index (χ0n) is 19.0. The van der Waals surface area contributed by atoms with Gasteiger partial charge in [0.25, 0.3) is 0 Å². The van der Waals surface area contributed by atoms with E-state index in [1.54, 1.807) is 11.3 Å². The third kappa shape index (κ3) is 4.48. The second kappa shape index (κ2) is 9.51. The number of benzene rings is 1. The number of imidazole rings is 1. The Morgan fingerprint density at radius 3 is 2.69 bits per heavy atom. The molecular weight excluding hydrogens is 416 g/mol. The monoisotopic (exact) mass is 448 g/mol. The second-order valence-corrected chi connectivity index (χ2v) is 9.67. The van der Waals surface area contributed by atoms with E-state index >= 15 is 0 Å². The van der Waals surface area contributed by atoms with Crippen molar-refractivity contribution < 1.29 is 4.74 Å². The van der Waals surface area contributed by atoms with E-state index in [4.69, 9.17) is 9.72 Å². The molecule has 0 aliphatic carbocycles. The van der Waals surface area contributed by atoms with Crippen molar-refractivity contribution in [1.29, 1.82) is 0 Å². The van der Waals surface area contributed by atoms with Crippen molar-refractivity contribution >= 4 is 21.6 Å². The number of ether oxygens (including phenoxy) is 1. The number of hydrogen-bond acceptors (Lipinski definition) is 4. The van der Waals surface area contributed by atoms with Gasteiger partial charge in [-0.15, -0.1) is 11.3 Å². The van der Waals surface area contributed by atoms with Gasteiger partial charge in [-0.2, -0.15) is 0 Å². The van der Waals surface area contributed by atoms with Crippen LogP contribution < -0.4 is 10.1 Å². The molecule has 1 aromatic carbocycles. The average Bonchev–Trinajstić information content (AvgIpc) is 3.51. The average molecular weight is 449 g/mol. The van der Waals surface area contributed by atoms with Crippen LogP contribution in [0.15, 0.2) is 48.0 Å². The summed E-state index contributed by atoms with van der Waals surface area (Å²) in [6.07, 6.45) is 7.85. The summed E-state index contributed by atoms with van der Waals surface area (Å²) in [4.78, 5) is 5.02. The topological polar surface area (TPSA) is 44.0 Å². The van der Waals surface area contributed by atoms with Crippen molar-refractivity contribution in [2.45, 2.75) is 51.7 Å². The summed E-state index contributed by atoms with van der Waals surface area (Å²) in [6, 6.07) is 13.1. The lowest BCUT2D eigenvalue weighted by Gasteiger charge is -2.23. The number of nitrogens with zero attached hydrogens (tertiary/aromatic N) is 3. The highest BCUT2D eigenvalue weighted by Crippen LogP contribution is 2.30. The lowest BCUT2D eigenvalue weighted by molar-refractivity contribution is 0.162. The minimum absolute atomic E-state index is 0.340. The Morgan fingerprint density at radius 2 is 1.94 bits per heavy atom. The van der Waals surface area contributed by atoms with E-state index in [9.17, 15) is 0 Å². The maximum absolute atomic E-state index is 6.16. The molecule has 1 N–H and O–H groups in total. The second-order valence-electron chi connectivity index (χ2n) is 8.72. The minimum atomic E-state index is 0.340. The van der Waals surface area contributed by atoms with Gasteiger partial charge in [-0.05, 0) is 74.0 Å². The van der Waals surface area contributed by atoms with Gasteiger partial charge >= 0.3 is 0 Å². The number of rotatable bonds is 8. The summed E-state index contributed by atoms with van der Waals surface area (Å²) in [6.45, 7) is 5.23. The lowest BCUT2D eigenvalue weighted by Crippen LogP contribution is -2.34. The van der Waals surface area contributed by atoms with Crippen molar-refractivity contribution in [3.8, 4) is 17.3 Å². The smallest absolute Gasteiger partial charge is 0.157 e. The maximum atomic E-state index is 6.16. The van der Waals surface area contributed by atoms with Crippen molar-refractivity contribution in [3.63, 3.8) is 0 Å². The quantitative estimate of drug-likeness (QED) is 0.391. The number of aryl methyl sites for hydroxylation is 4. The molecule has 5 rings (SSSR count). The Balaban J connectivity index is 1.31. The number of thiophene rings is 1. The Bertz CT molecular complexity index is 1160. The Morgan fingerprint density at radius 1 is 1.12 bits per heavy atom. The van der Waals surface area contributed by atoms with Crippen molar-refractivity contribution in [2.75, 3.05) is 13.1 Å². The Kier molecular flexibility index (Phi) is 6.32. The highest BCUT2D eigenvalue weighted by atomic mass is 32.1. The third-order valence-corrected chi connectivity index (χ3v) is 7.23. The van der Waals surface area contributed by atoms with Crippen molar-refractivity contribution in [2.24, 2.45) is 7.05 Å². The van der Waals surface area contributed by atoms with Gasteiger partial charge in [-0.1, -0.05) is 25.5 Å². The summed E-state index contributed by atoms with van der Waals surface area (Å²) in [5.41, 5.74) is 4.98. The highest BCUT2D eigenvalue weighted by Gasteiger charge is 2.17. The molecule has 4 aromatic rings. The van der Waals surface area contributed by atoms with Crippen LogP contribution in [0.5, 0.6) is 5.75 Å². The molecule has 0 spiro atoms. The number of nitrogens with one attached hydrogen (secondary N) is 1. The largest absolute Gasteiger partial charge is 0.490 e. The first kappa shape index (κ1) is 21.3. The molecule has 6 heteroatoms. The van der Waals surface area contributed by atoms with Gasteiger partial charge in [0.1, 0.15) is 11.9 Å². The van der Waals surface area contributed by atoms with E-state index in [-0.39, 0.29) is 0 Å². The number of aromatic nitrogens is 3. The van der Waals surface area contributed by atoms with Gasteiger partial charge in [-0.25, -0.2) is 4.98 Å². The molecule has 0 bridgehead atoms. The van der Waals surface area contributed by atoms with Gasteiger partial charge < -0.3 is 19.2 Å². The third-order valence-electron chi connectivity index (χ3n) is 6.38. The molecule has 168 valence electrons. The molecule has 1 fully saturated rings. The minimum Gasteiger partial charge on any atom is -0.490 e. The van der Waals surface area contributed by atoms with Crippen LogP contribution in [0.3, 0.4) is 0 Å². The zero-order valence-corrected chi connectivity index (χ0v) is 19.8. The zero-order chi connectivity index (χ0) is 21.9. The Labute approximate surface area is 194 Å². The molecule has 1 aliphatic heterocycles. The van der Waals surface area contributed by atoms with Crippen LogP contribution in [-0.2, 0) is 26.4 Å². The predicted molar refractivity (Wildman–Crippen MR) is 133 cm³/mol. The molecule has 0 radical (unpaired) electrons. The van der Waals surface area contributed by atoms with E-state index in [0.717, 1.165) is 63.3 Å². The normalized spacial score (nSPS) is 14.9. The summed E-state index contributed by atoms with van der Waals surface area (Å²) < 4.78 is 12.1. The van der Waals surface area contributed by atoms with Gasteiger partial charge in [0.2, 0.25) is 0 Å². The molecule has 1 saturated heterocycles. The summed E-state index contributed by atoms with van der Waals surface area (Å²) in [5.74, 6) is 2.06. The first-order valence-corrected chi connectivity index (χ1v) is 12.6. The van der Waals surface area contributed by atoms with Gasteiger partial charge in [0, 0.05) is 19.8 Å². The first-order valence-electron chi connectivity index (χ1n) is 11.8. The van der Waals surface area contributed by atoms with E-state index in [1.807, 2.05) is 0 Å². The van der Waals surface area contributed by atoms with Crippen LogP contribution in [0.2, 0.25) is 0 Å². The SMILES string of the molecule is CCCc1cn(CCc2ccc(OC3CCNCC3)cc2)c(-c2cc3sccc3n2C)n1. The van der Waals surface area contributed by atoms with Crippen LogP contribution in [0.1, 0.15) is 37.4 Å². The molecule has 5 nitrogen and oxygen atoms in total. The standard InChI is InChI=1S/C26H32N4OS/c1-3-4-20-18-30(26(28-20)24-17-25-23(29(24)2)12-16-32-25)15-11-19-5-7-21(8-6-19)31-22-9-13-27-14-10-22/h5-8,12,16-18,22,27H,3-4,9-11,13-15H2,1-2H3. The van der Waals surface area contributed by atoms with Crippen LogP contribution in [0.25, 0.3) is 21.7 Å². The van der Waals surface area contributed by atoms with Gasteiger partial charge in [0.15, 0.2) is 5.82 Å². The summed E-state index contributed by atoms with van der Waals surface area (Å²) >= 11 is 1.79. The van der Waals surface area contributed by atoms with Crippen LogP contribution >= 0.6 is 11.3 Å².